The lowest BCUT2D eigenvalue weighted by Crippen LogP contribution is -2.53. The van der Waals surface area contributed by atoms with Crippen LogP contribution >= 0.6 is 23.2 Å². The fraction of sp³-hybridized carbons (Fsp3) is 0.500. The molecule has 12 heteroatoms. The lowest BCUT2D eigenvalue weighted by molar-refractivity contribution is -0.139. The van der Waals surface area contributed by atoms with Crippen LogP contribution < -0.4 is 19.1 Å². The van der Waals surface area contributed by atoms with Crippen LogP contribution in [-0.2, 0) is 26.2 Å². The standard InChI is InChI=1S/C28H35Cl2N3O6S/c1-3-40(36,37)33(21-12-13-25-26(16-21)39-15-14-38-25)18-27(34)32(17-22-23(29)10-7-11-24(22)30)19(2)28(35)31-20-8-5-4-6-9-20/h7,10-13,16,19-20H,3-6,8-9,14-15,17-18H2,1-2H3,(H,31,35). The van der Waals surface area contributed by atoms with Gasteiger partial charge in [-0.15, -0.1) is 0 Å². The number of carbonyl (C=O) groups is 2. The Hall–Kier alpha value is -2.69. The third kappa shape index (κ3) is 7.14. The van der Waals surface area contributed by atoms with Gasteiger partial charge in [0.2, 0.25) is 21.8 Å². The maximum Gasteiger partial charge on any atom is 0.244 e. The molecule has 9 nitrogen and oxygen atoms in total. The molecule has 1 saturated carbocycles. The highest BCUT2D eigenvalue weighted by Crippen LogP contribution is 2.35. The van der Waals surface area contributed by atoms with Crippen molar-refractivity contribution in [2.75, 3.05) is 29.8 Å². The van der Waals surface area contributed by atoms with Crippen LogP contribution in [0.3, 0.4) is 0 Å². The molecule has 1 aliphatic carbocycles. The Morgan fingerprint density at radius 2 is 1.68 bits per heavy atom. The van der Waals surface area contributed by atoms with Gasteiger partial charge in [-0.25, -0.2) is 8.42 Å². The first-order valence-electron chi connectivity index (χ1n) is 13.5. The van der Waals surface area contributed by atoms with Gasteiger partial charge in [0.1, 0.15) is 25.8 Å². The van der Waals surface area contributed by atoms with Crippen LogP contribution in [-0.4, -0.2) is 62.7 Å². The number of halogens is 2. The largest absolute Gasteiger partial charge is 0.486 e. The number of nitrogens with zero attached hydrogens (tertiary/aromatic N) is 2. The summed E-state index contributed by atoms with van der Waals surface area (Å²) in [5.74, 6) is -0.226. The van der Waals surface area contributed by atoms with E-state index in [4.69, 9.17) is 32.7 Å². The van der Waals surface area contributed by atoms with Crippen LogP contribution in [0.1, 0.15) is 51.5 Å². The molecule has 1 N–H and O–H groups in total. The van der Waals surface area contributed by atoms with Crippen LogP contribution in [0, 0.1) is 0 Å². The number of hydrogen-bond acceptors (Lipinski definition) is 6. The number of fused-ring (bicyclic) bond motifs is 1. The molecule has 40 heavy (non-hydrogen) atoms. The minimum Gasteiger partial charge on any atom is -0.486 e. The van der Waals surface area contributed by atoms with E-state index in [9.17, 15) is 18.0 Å². The van der Waals surface area contributed by atoms with Crippen molar-refractivity contribution in [1.82, 2.24) is 10.2 Å². The van der Waals surface area contributed by atoms with Gasteiger partial charge in [0.05, 0.1) is 11.4 Å². The summed E-state index contributed by atoms with van der Waals surface area (Å²) in [6, 6.07) is 8.87. The molecule has 1 heterocycles. The fourth-order valence-corrected chi connectivity index (χ4v) is 6.48. The Bertz CT molecular complexity index is 1310. The van der Waals surface area contributed by atoms with Crippen molar-refractivity contribution in [1.29, 1.82) is 0 Å². The number of nitrogens with one attached hydrogen (secondary N) is 1. The highest BCUT2D eigenvalue weighted by Gasteiger charge is 2.33. The molecule has 2 amide bonds. The predicted octanol–water partition coefficient (Wildman–Crippen LogP) is 4.79. The lowest BCUT2D eigenvalue weighted by Gasteiger charge is -2.33. The summed E-state index contributed by atoms with van der Waals surface area (Å²) in [7, 11) is -3.89. The zero-order chi connectivity index (χ0) is 28.9. The Morgan fingerprint density at radius 1 is 1.02 bits per heavy atom. The summed E-state index contributed by atoms with van der Waals surface area (Å²) < 4.78 is 38.7. The van der Waals surface area contributed by atoms with Crippen LogP contribution in [0.4, 0.5) is 5.69 Å². The zero-order valence-corrected chi connectivity index (χ0v) is 25.0. The van der Waals surface area contributed by atoms with Crippen LogP contribution in [0.2, 0.25) is 10.0 Å². The van der Waals surface area contributed by atoms with Crippen molar-refractivity contribution >= 4 is 50.7 Å². The Kier molecular flexibility index (Phi) is 10.1. The Balaban J connectivity index is 1.65. The number of anilines is 1. The SMILES string of the molecule is CCS(=O)(=O)N(CC(=O)N(Cc1c(Cl)cccc1Cl)C(C)C(=O)NC1CCCCC1)c1ccc2c(c1)OCCO2. The van der Waals surface area contributed by atoms with E-state index < -0.39 is 28.5 Å². The fourth-order valence-electron chi connectivity index (χ4n) is 4.91. The van der Waals surface area contributed by atoms with Crippen molar-refractivity contribution in [2.45, 2.75) is 64.6 Å². The van der Waals surface area contributed by atoms with Gasteiger partial charge in [-0.1, -0.05) is 48.5 Å². The normalized spacial score (nSPS) is 16.2. The van der Waals surface area contributed by atoms with Gasteiger partial charge >= 0.3 is 0 Å². The lowest BCUT2D eigenvalue weighted by atomic mass is 9.95. The molecular weight excluding hydrogens is 577 g/mol. The smallest absolute Gasteiger partial charge is 0.244 e. The first-order chi connectivity index (χ1) is 19.1. The van der Waals surface area contributed by atoms with Crippen molar-refractivity contribution < 1.29 is 27.5 Å². The minimum atomic E-state index is -3.89. The molecule has 4 rings (SSSR count). The molecule has 1 aliphatic heterocycles. The van der Waals surface area contributed by atoms with E-state index in [1.165, 1.54) is 11.8 Å². The van der Waals surface area contributed by atoms with Gasteiger partial charge in [-0.05, 0) is 51.0 Å². The number of ether oxygens (including phenoxy) is 2. The van der Waals surface area contributed by atoms with Gasteiger partial charge in [-0.3, -0.25) is 13.9 Å². The molecule has 218 valence electrons. The third-order valence-electron chi connectivity index (χ3n) is 7.30. The molecule has 0 aromatic heterocycles. The molecule has 2 aliphatic rings. The predicted molar refractivity (Wildman–Crippen MR) is 156 cm³/mol. The van der Waals surface area contributed by atoms with Crippen LogP contribution in [0.15, 0.2) is 36.4 Å². The van der Waals surface area contributed by atoms with E-state index in [-0.39, 0.29) is 29.9 Å². The van der Waals surface area contributed by atoms with E-state index >= 15 is 0 Å². The van der Waals surface area contributed by atoms with Crippen molar-refractivity contribution in [3.8, 4) is 11.5 Å². The minimum absolute atomic E-state index is 0.0410. The van der Waals surface area contributed by atoms with E-state index in [1.54, 1.807) is 43.3 Å². The number of benzene rings is 2. The van der Waals surface area contributed by atoms with Gasteiger partial charge in [0, 0.05) is 34.3 Å². The van der Waals surface area contributed by atoms with E-state index in [0.717, 1.165) is 36.4 Å². The van der Waals surface area contributed by atoms with E-state index in [0.29, 0.717) is 40.3 Å². The van der Waals surface area contributed by atoms with Gasteiger partial charge < -0.3 is 19.7 Å². The average Bonchev–Trinajstić information content (AvgIpc) is 2.95. The molecule has 1 atom stereocenters. The number of hydrogen-bond donors (Lipinski definition) is 1. The first kappa shape index (κ1) is 30.3. The van der Waals surface area contributed by atoms with Gasteiger partial charge in [0.25, 0.3) is 0 Å². The second-order valence-electron chi connectivity index (χ2n) is 9.98. The number of sulfonamides is 1. The molecule has 1 fully saturated rings. The monoisotopic (exact) mass is 611 g/mol. The van der Waals surface area contributed by atoms with Crippen LogP contribution in [0.25, 0.3) is 0 Å². The first-order valence-corrected chi connectivity index (χ1v) is 15.9. The summed E-state index contributed by atoms with van der Waals surface area (Å²) in [6.45, 7) is 3.25. The van der Waals surface area contributed by atoms with Crippen molar-refractivity contribution in [3.63, 3.8) is 0 Å². The Labute approximate surface area is 245 Å². The summed E-state index contributed by atoms with van der Waals surface area (Å²) in [4.78, 5) is 28.6. The van der Waals surface area contributed by atoms with Crippen molar-refractivity contribution in [3.05, 3.63) is 52.0 Å². The molecule has 0 spiro atoms. The van der Waals surface area contributed by atoms with Crippen molar-refractivity contribution in [2.24, 2.45) is 0 Å². The molecule has 0 radical (unpaired) electrons. The number of carbonyl (C=O) groups excluding carboxylic acids is 2. The topological polar surface area (TPSA) is 105 Å². The third-order valence-corrected chi connectivity index (χ3v) is 9.75. The second-order valence-corrected chi connectivity index (χ2v) is 13.0. The highest BCUT2D eigenvalue weighted by atomic mass is 35.5. The van der Waals surface area contributed by atoms with Gasteiger partial charge in [0.15, 0.2) is 11.5 Å². The number of amides is 2. The maximum atomic E-state index is 13.9. The molecule has 0 saturated heterocycles. The maximum absolute atomic E-state index is 13.9. The summed E-state index contributed by atoms with van der Waals surface area (Å²) in [5, 5.41) is 3.75. The molecule has 2 aromatic rings. The molecule has 1 unspecified atom stereocenters. The summed E-state index contributed by atoms with van der Waals surface area (Å²) >= 11 is 12.9. The highest BCUT2D eigenvalue weighted by molar-refractivity contribution is 7.92. The van der Waals surface area contributed by atoms with Gasteiger partial charge in [-0.2, -0.15) is 0 Å². The van der Waals surface area contributed by atoms with E-state index in [1.807, 2.05) is 0 Å². The number of rotatable bonds is 10. The van der Waals surface area contributed by atoms with Crippen LogP contribution in [0.5, 0.6) is 11.5 Å². The second kappa shape index (κ2) is 13.3. The molecular formula is C28H35Cl2N3O6S. The molecule has 2 aromatic carbocycles. The Morgan fingerprint density at radius 3 is 2.33 bits per heavy atom. The quantitative estimate of drug-likeness (QED) is 0.414. The summed E-state index contributed by atoms with van der Waals surface area (Å²) in [6.07, 6.45) is 4.98. The van der Waals surface area contributed by atoms with E-state index in [2.05, 4.69) is 5.32 Å². The summed E-state index contributed by atoms with van der Waals surface area (Å²) in [5.41, 5.74) is 0.732. The zero-order valence-electron chi connectivity index (χ0n) is 22.7. The molecule has 0 bridgehead atoms. The average molecular weight is 613 g/mol.